The lowest BCUT2D eigenvalue weighted by Crippen LogP contribution is -1.99. The molecule has 2 N–H and O–H groups in total. The smallest absolute Gasteiger partial charge is 0.342 e. The lowest BCUT2D eigenvalue weighted by molar-refractivity contribution is -0.131. The average molecular weight is 467 g/mol. The van der Waals surface area contributed by atoms with Crippen LogP contribution in [0.15, 0.2) is 76.8 Å². The highest BCUT2D eigenvalue weighted by Gasteiger charge is 2.14. The molecule has 3 aromatic carbocycles. The van der Waals surface area contributed by atoms with Crippen molar-refractivity contribution in [3.05, 3.63) is 87.8 Å². The van der Waals surface area contributed by atoms with E-state index in [0.717, 1.165) is 28.4 Å². The molecule has 1 aromatic heterocycles. The van der Waals surface area contributed by atoms with E-state index >= 15 is 0 Å². The van der Waals surface area contributed by atoms with Gasteiger partial charge in [0.15, 0.2) is 16.7 Å². The van der Waals surface area contributed by atoms with Gasteiger partial charge in [0.2, 0.25) is 0 Å². The molecule has 0 atom stereocenters. The van der Waals surface area contributed by atoms with E-state index in [4.69, 9.17) is 21.1 Å². The SMILES string of the molecule is COc1cc(/C=C(\Sc2nc3ccccc3[nH]2)C(=O)O)ccc1OCc1ccccc1Cl. The first-order chi connectivity index (χ1) is 15.5. The van der Waals surface area contributed by atoms with E-state index in [2.05, 4.69) is 9.97 Å². The number of fused-ring (bicyclic) bond motifs is 1. The summed E-state index contributed by atoms with van der Waals surface area (Å²) in [6.07, 6.45) is 1.57. The Hall–Kier alpha value is -3.42. The Morgan fingerprint density at radius 2 is 1.91 bits per heavy atom. The third-order valence-corrected chi connectivity index (χ3v) is 5.88. The fraction of sp³-hybridized carbons (Fsp3) is 0.0833. The second-order valence-electron chi connectivity index (χ2n) is 6.77. The van der Waals surface area contributed by atoms with Gasteiger partial charge in [0.1, 0.15) is 11.5 Å². The van der Waals surface area contributed by atoms with Gasteiger partial charge in [0, 0.05) is 10.6 Å². The molecule has 0 saturated carbocycles. The number of hydrogen-bond donors (Lipinski definition) is 2. The Kier molecular flexibility index (Phi) is 6.68. The number of halogens is 1. The second kappa shape index (κ2) is 9.80. The van der Waals surface area contributed by atoms with E-state index < -0.39 is 5.97 Å². The number of nitrogens with one attached hydrogen (secondary N) is 1. The summed E-state index contributed by atoms with van der Waals surface area (Å²) >= 11 is 7.24. The first kappa shape index (κ1) is 21.8. The van der Waals surface area contributed by atoms with Crippen LogP contribution in [-0.2, 0) is 11.4 Å². The number of thioether (sulfide) groups is 1. The first-order valence-electron chi connectivity index (χ1n) is 9.65. The lowest BCUT2D eigenvalue weighted by Gasteiger charge is -2.12. The van der Waals surface area contributed by atoms with Gasteiger partial charge in [0.25, 0.3) is 0 Å². The van der Waals surface area contributed by atoms with Gasteiger partial charge in [-0.25, -0.2) is 9.78 Å². The highest BCUT2D eigenvalue weighted by atomic mass is 35.5. The summed E-state index contributed by atoms with van der Waals surface area (Å²) in [6.45, 7) is 0.285. The summed E-state index contributed by atoms with van der Waals surface area (Å²) in [4.78, 5) is 19.5. The zero-order chi connectivity index (χ0) is 22.5. The van der Waals surface area contributed by atoms with Gasteiger partial charge >= 0.3 is 5.97 Å². The summed E-state index contributed by atoms with van der Waals surface area (Å²) in [6, 6.07) is 20.2. The van der Waals surface area contributed by atoms with Crippen LogP contribution in [0.2, 0.25) is 5.02 Å². The maximum atomic E-state index is 11.8. The molecule has 0 aliphatic carbocycles. The Morgan fingerprint density at radius 3 is 2.66 bits per heavy atom. The van der Waals surface area contributed by atoms with Crippen molar-refractivity contribution in [2.24, 2.45) is 0 Å². The molecule has 4 aromatic rings. The number of rotatable bonds is 8. The number of nitrogens with zero attached hydrogens (tertiary/aromatic N) is 1. The van der Waals surface area contributed by atoms with Gasteiger partial charge in [-0.1, -0.05) is 48.0 Å². The van der Waals surface area contributed by atoms with Crippen molar-refractivity contribution in [3.8, 4) is 11.5 Å². The van der Waals surface area contributed by atoms with Crippen LogP contribution in [0.25, 0.3) is 17.1 Å². The third-order valence-electron chi connectivity index (χ3n) is 4.61. The number of carboxylic acids is 1. The van der Waals surface area contributed by atoms with Crippen LogP contribution < -0.4 is 9.47 Å². The molecule has 0 saturated heterocycles. The molecule has 6 nitrogen and oxygen atoms in total. The van der Waals surface area contributed by atoms with Crippen molar-refractivity contribution in [1.82, 2.24) is 9.97 Å². The molecule has 0 aliphatic rings. The van der Waals surface area contributed by atoms with E-state index in [9.17, 15) is 9.90 Å². The van der Waals surface area contributed by atoms with Crippen LogP contribution in [0.5, 0.6) is 11.5 Å². The first-order valence-corrected chi connectivity index (χ1v) is 10.8. The zero-order valence-corrected chi connectivity index (χ0v) is 18.6. The van der Waals surface area contributed by atoms with Crippen LogP contribution >= 0.6 is 23.4 Å². The fourth-order valence-electron chi connectivity index (χ4n) is 3.03. The number of ether oxygens (including phenoxy) is 2. The van der Waals surface area contributed by atoms with Crippen LogP contribution in [0, 0.1) is 0 Å². The van der Waals surface area contributed by atoms with Gasteiger partial charge < -0.3 is 19.6 Å². The number of para-hydroxylation sites is 2. The van der Waals surface area contributed by atoms with Crippen LogP contribution in [-0.4, -0.2) is 28.2 Å². The zero-order valence-electron chi connectivity index (χ0n) is 17.0. The van der Waals surface area contributed by atoms with E-state index in [1.165, 1.54) is 7.11 Å². The number of carbonyl (C=O) groups is 1. The number of aromatic amines is 1. The molecule has 0 unspecified atom stereocenters. The van der Waals surface area contributed by atoms with E-state index in [0.29, 0.717) is 27.2 Å². The highest BCUT2D eigenvalue weighted by Crippen LogP contribution is 2.33. The largest absolute Gasteiger partial charge is 0.493 e. The predicted octanol–water partition coefficient (Wildman–Crippen LogP) is 6.02. The van der Waals surface area contributed by atoms with Crippen LogP contribution in [0.1, 0.15) is 11.1 Å². The maximum absolute atomic E-state index is 11.8. The minimum Gasteiger partial charge on any atom is -0.493 e. The Balaban J connectivity index is 1.55. The lowest BCUT2D eigenvalue weighted by atomic mass is 10.2. The molecule has 0 fully saturated rings. The molecule has 162 valence electrons. The normalized spacial score (nSPS) is 11.5. The van der Waals surface area contributed by atoms with Crippen molar-refractivity contribution in [3.63, 3.8) is 0 Å². The van der Waals surface area contributed by atoms with Gasteiger partial charge in [-0.2, -0.15) is 0 Å². The molecule has 32 heavy (non-hydrogen) atoms. The Bertz CT molecular complexity index is 1270. The topological polar surface area (TPSA) is 84.4 Å². The summed E-state index contributed by atoms with van der Waals surface area (Å²) in [7, 11) is 1.53. The minimum atomic E-state index is -1.05. The third kappa shape index (κ3) is 5.07. The molecule has 1 heterocycles. The molecule has 0 spiro atoms. The summed E-state index contributed by atoms with van der Waals surface area (Å²) in [5, 5.41) is 10.8. The van der Waals surface area contributed by atoms with Gasteiger partial charge in [-0.05, 0) is 53.7 Å². The number of carboxylic acid groups (broad SMARTS) is 1. The summed E-state index contributed by atoms with van der Waals surface area (Å²) in [5.74, 6) is -0.0240. The highest BCUT2D eigenvalue weighted by molar-refractivity contribution is 8.04. The van der Waals surface area contributed by atoms with Crippen molar-refractivity contribution < 1.29 is 19.4 Å². The Morgan fingerprint density at radius 1 is 1.12 bits per heavy atom. The van der Waals surface area contributed by atoms with Crippen molar-refractivity contribution >= 4 is 46.4 Å². The molecule has 8 heteroatoms. The number of H-pyrrole nitrogens is 1. The standard InChI is InChI=1S/C24H19ClN2O4S/c1-30-21-12-15(10-11-20(21)31-14-16-6-2-3-7-17(16)25)13-22(23(28)29)32-24-26-18-8-4-5-9-19(18)27-24/h2-13H,14H2,1H3,(H,26,27)(H,28,29)/b22-13-. The van der Waals surface area contributed by atoms with E-state index in [1.807, 2.05) is 42.5 Å². The molecule has 0 amide bonds. The number of aromatic nitrogens is 2. The predicted molar refractivity (Wildman–Crippen MR) is 126 cm³/mol. The number of imidazole rings is 1. The Labute approximate surface area is 193 Å². The van der Waals surface area contributed by atoms with Gasteiger partial charge in [-0.15, -0.1) is 0 Å². The second-order valence-corrected chi connectivity index (χ2v) is 8.20. The minimum absolute atomic E-state index is 0.121. The molecule has 0 bridgehead atoms. The number of methoxy groups -OCH3 is 1. The number of hydrogen-bond acceptors (Lipinski definition) is 5. The van der Waals surface area contributed by atoms with Crippen molar-refractivity contribution in [2.75, 3.05) is 7.11 Å². The van der Waals surface area contributed by atoms with E-state index in [-0.39, 0.29) is 11.5 Å². The number of benzene rings is 3. The molecule has 4 rings (SSSR count). The monoisotopic (exact) mass is 466 g/mol. The summed E-state index contributed by atoms with van der Waals surface area (Å²) in [5.41, 5.74) is 3.14. The van der Waals surface area contributed by atoms with Crippen LogP contribution in [0.4, 0.5) is 0 Å². The van der Waals surface area contributed by atoms with Gasteiger partial charge in [-0.3, -0.25) is 0 Å². The summed E-state index contributed by atoms with van der Waals surface area (Å²) < 4.78 is 11.3. The molecule has 0 aliphatic heterocycles. The van der Waals surface area contributed by atoms with Crippen LogP contribution in [0.3, 0.4) is 0 Å². The van der Waals surface area contributed by atoms with Crippen molar-refractivity contribution in [2.45, 2.75) is 11.8 Å². The molecule has 0 radical (unpaired) electrons. The van der Waals surface area contributed by atoms with E-state index in [1.54, 1.807) is 30.3 Å². The quantitative estimate of drug-likeness (QED) is 0.244. The van der Waals surface area contributed by atoms with Crippen molar-refractivity contribution in [1.29, 1.82) is 0 Å². The fourth-order valence-corrected chi connectivity index (χ4v) is 4.02. The number of aliphatic carboxylic acids is 1. The maximum Gasteiger partial charge on any atom is 0.342 e. The average Bonchev–Trinajstić information content (AvgIpc) is 3.21. The molecular weight excluding hydrogens is 448 g/mol. The van der Waals surface area contributed by atoms with Gasteiger partial charge in [0.05, 0.1) is 18.1 Å². The molecular formula is C24H19ClN2O4S.